The monoisotopic (exact) mass is 655 g/mol. The van der Waals surface area contributed by atoms with E-state index in [1.807, 2.05) is 13.0 Å². The molecule has 0 amide bonds. The summed E-state index contributed by atoms with van der Waals surface area (Å²) in [5, 5.41) is 4.17. The van der Waals surface area contributed by atoms with Crippen LogP contribution in [0, 0.1) is 6.92 Å². The zero-order chi connectivity index (χ0) is 32.1. The Morgan fingerprint density at radius 3 is 2.46 bits per heavy atom. The third-order valence-corrected chi connectivity index (χ3v) is 9.36. The van der Waals surface area contributed by atoms with Gasteiger partial charge in [0.1, 0.15) is 18.5 Å². The predicted molar refractivity (Wildman–Crippen MR) is 178 cm³/mol. The molecule has 0 atom stereocenters. The fourth-order valence-corrected chi connectivity index (χ4v) is 6.62. The van der Waals surface area contributed by atoms with E-state index >= 15 is 0 Å². The summed E-state index contributed by atoms with van der Waals surface area (Å²) in [5.41, 5.74) is 1.89. The van der Waals surface area contributed by atoms with Crippen LogP contribution >= 0.6 is 0 Å². The zero-order valence-corrected chi connectivity index (χ0v) is 27.8. The van der Waals surface area contributed by atoms with Crippen LogP contribution in [0.2, 0.25) is 0 Å². The molecule has 1 aliphatic carbocycles. The Hall–Kier alpha value is -3.53. The van der Waals surface area contributed by atoms with Gasteiger partial charge in [-0.25, -0.2) is 18.4 Å². The molecule has 3 aromatic heterocycles. The number of fused-ring (bicyclic) bond motifs is 1. The molecular weight excluding hydrogens is 610 g/mol. The van der Waals surface area contributed by atoms with E-state index in [9.17, 15) is 8.42 Å². The van der Waals surface area contributed by atoms with Crippen molar-refractivity contribution in [1.29, 1.82) is 0 Å². The van der Waals surface area contributed by atoms with Crippen LogP contribution < -0.4 is 24.4 Å². The van der Waals surface area contributed by atoms with E-state index < -0.39 is 10.0 Å². The number of morpholine rings is 1. The number of aromatic nitrogens is 4. The maximum absolute atomic E-state index is 11.9. The number of piperazine rings is 1. The lowest BCUT2D eigenvalue weighted by Crippen LogP contribution is -2.45. The van der Waals surface area contributed by atoms with Crippen molar-refractivity contribution in [3.8, 4) is 11.6 Å². The number of ether oxygens (including phenoxy) is 3. The second-order valence-electron chi connectivity index (χ2n) is 12.4. The molecular formula is C31H45N9O5S. The maximum atomic E-state index is 11.9. The Kier molecular flexibility index (Phi) is 10.2. The summed E-state index contributed by atoms with van der Waals surface area (Å²) < 4.78 is 44.3. The zero-order valence-electron chi connectivity index (χ0n) is 26.9. The van der Waals surface area contributed by atoms with E-state index in [-0.39, 0.29) is 12.1 Å². The smallest absolute Gasteiger partial charge is 0.229 e. The van der Waals surface area contributed by atoms with Gasteiger partial charge in [0.2, 0.25) is 21.9 Å². The molecule has 14 nitrogen and oxygen atoms in total. The molecule has 2 N–H and O–H groups in total. The second kappa shape index (κ2) is 14.5. The molecule has 1 saturated carbocycles. The fraction of sp³-hybridized carbons (Fsp3) is 0.613. The minimum atomic E-state index is -3.46. The second-order valence-corrected chi connectivity index (χ2v) is 14.2. The highest BCUT2D eigenvalue weighted by atomic mass is 32.2. The largest absolute Gasteiger partial charge is 0.489 e. The number of pyridine rings is 2. The minimum absolute atomic E-state index is 0.0426. The average molecular weight is 656 g/mol. The standard InChI is InChI=1S/C31H45N9O5S/c1-22-28(44-17-12-39-10-8-38(2)9-11-39)21-33-31(34-22)35-23-4-6-25(7-5-23)45-30-26-18-24(37-46(3,41)42)20-32-27(26)19-29(36-30)40-13-15-43-16-14-40/h18-21,23,25,37H,4-17H2,1-3H3,(H,33,34,35). The first-order chi connectivity index (χ1) is 22.2. The molecule has 0 spiro atoms. The van der Waals surface area contributed by atoms with E-state index in [0.29, 0.717) is 48.2 Å². The van der Waals surface area contributed by atoms with Gasteiger partial charge in [-0.1, -0.05) is 0 Å². The van der Waals surface area contributed by atoms with Crippen molar-refractivity contribution in [2.24, 2.45) is 0 Å². The Bertz CT molecular complexity index is 1590. The van der Waals surface area contributed by atoms with Crippen LogP contribution in [0.4, 0.5) is 17.5 Å². The van der Waals surface area contributed by atoms with Crippen LogP contribution in [-0.2, 0) is 14.8 Å². The summed E-state index contributed by atoms with van der Waals surface area (Å²) >= 11 is 0. The number of likely N-dealkylation sites (N-methyl/N-ethyl adjacent to an activating group) is 1. The summed E-state index contributed by atoms with van der Waals surface area (Å²) in [4.78, 5) is 25.6. The Labute approximate surface area is 270 Å². The third-order valence-electron chi connectivity index (χ3n) is 8.75. The van der Waals surface area contributed by atoms with Crippen molar-refractivity contribution >= 4 is 38.4 Å². The summed E-state index contributed by atoms with van der Waals surface area (Å²) in [5.74, 6) is 2.57. The topological polar surface area (TPSA) is 147 Å². The number of sulfonamides is 1. The quantitative estimate of drug-likeness (QED) is 0.312. The molecule has 0 bridgehead atoms. The molecule has 0 radical (unpaired) electrons. The van der Waals surface area contributed by atoms with Crippen molar-refractivity contribution < 1.29 is 22.6 Å². The van der Waals surface area contributed by atoms with Gasteiger partial charge in [-0.05, 0) is 45.7 Å². The lowest BCUT2D eigenvalue weighted by atomic mass is 9.93. The highest BCUT2D eigenvalue weighted by molar-refractivity contribution is 7.92. The van der Waals surface area contributed by atoms with Crippen LogP contribution in [0.15, 0.2) is 24.5 Å². The lowest BCUT2D eigenvalue weighted by molar-refractivity contribution is 0.122. The molecule has 3 aliphatic rings. The van der Waals surface area contributed by atoms with Gasteiger partial charge in [-0.3, -0.25) is 14.6 Å². The van der Waals surface area contributed by atoms with Crippen LogP contribution in [0.5, 0.6) is 11.6 Å². The Balaban J connectivity index is 1.06. The van der Waals surface area contributed by atoms with Gasteiger partial charge in [0.05, 0.1) is 54.1 Å². The molecule has 2 aliphatic heterocycles. The number of rotatable bonds is 11. The first-order valence-electron chi connectivity index (χ1n) is 16.1. The molecule has 2 saturated heterocycles. The first-order valence-corrected chi connectivity index (χ1v) is 18.0. The fourth-order valence-electron chi connectivity index (χ4n) is 6.08. The molecule has 5 heterocycles. The number of aryl methyl sites for hydroxylation is 1. The number of anilines is 3. The van der Waals surface area contributed by atoms with E-state index in [1.165, 1.54) is 6.20 Å². The predicted octanol–water partition coefficient (Wildman–Crippen LogP) is 2.36. The van der Waals surface area contributed by atoms with Crippen LogP contribution in [0.1, 0.15) is 31.4 Å². The van der Waals surface area contributed by atoms with Crippen molar-refractivity contribution in [3.05, 3.63) is 30.2 Å². The molecule has 250 valence electrons. The first kappa shape index (κ1) is 32.4. The summed E-state index contributed by atoms with van der Waals surface area (Å²) in [6, 6.07) is 3.88. The number of nitrogens with one attached hydrogen (secondary N) is 2. The molecule has 0 aromatic carbocycles. The van der Waals surface area contributed by atoms with Gasteiger partial charge in [0, 0.05) is 57.9 Å². The summed E-state index contributed by atoms with van der Waals surface area (Å²) in [6.45, 7) is 10.5. The van der Waals surface area contributed by atoms with E-state index in [4.69, 9.17) is 19.2 Å². The SMILES string of the molecule is Cc1nc(NC2CCC(Oc3nc(N4CCOCC4)cc4ncc(NS(C)(=O)=O)cc34)CC2)ncc1OCCN1CCN(C)CC1. The molecule has 15 heteroatoms. The Morgan fingerprint density at radius 2 is 1.74 bits per heavy atom. The minimum Gasteiger partial charge on any atom is -0.489 e. The third kappa shape index (κ3) is 8.63. The van der Waals surface area contributed by atoms with Crippen molar-refractivity contribution in [2.45, 2.75) is 44.8 Å². The van der Waals surface area contributed by atoms with Crippen LogP contribution in [0.3, 0.4) is 0 Å². The number of hydrogen-bond donors (Lipinski definition) is 2. The lowest BCUT2D eigenvalue weighted by Gasteiger charge is -2.32. The van der Waals surface area contributed by atoms with Gasteiger partial charge in [-0.15, -0.1) is 0 Å². The average Bonchev–Trinajstić information content (AvgIpc) is 3.04. The number of hydrogen-bond acceptors (Lipinski definition) is 13. The molecule has 3 aromatic rings. The highest BCUT2D eigenvalue weighted by Crippen LogP contribution is 2.33. The van der Waals surface area contributed by atoms with Gasteiger partial charge in [-0.2, -0.15) is 4.98 Å². The van der Waals surface area contributed by atoms with Gasteiger partial charge < -0.3 is 29.3 Å². The van der Waals surface area contributed by atoms with Crippen LogP contribution in [0.25, 0.3) is 10.9 Å². The van der Waals surface area contributed by atoms with Crippen molar-refractivity contribution in [1.82, 2.24) is 29.7 Å². The summed E-state index contributed by atoms with van der Waals surface area (Å²) in [7, 11) is -1.30. The van der Waals surface area contributed by atoms with E-state index in [1.54, 1.807) is 12.3 Å². The van der Waals surface area contributed by atoms with E-state index in [2.05, 4.69) is 46.7 Å². The number of nitrogens with zero attached hydrogens (tertiary/aromatic N) is 7. The summed E-state index contributed by atoms with van der Waals surface area (Å²) in [6.07, 6.45) is 7.78. The molecule has 6 rings (SSSR count). The van der Waals surface area contributed by atoms with Crippen LogP contribution in [-0.4, -0.2) is 129 Å². The van der Waals surface area contributed by atoms with Gasteiger partial charge in [0.25, 0.3) is 0 Å². The molecule has 0 unspecified atom stereocenters. The molecule has 46 heavy (non-hydrogen) atoms. The van der Waals surface area contributed by atoms with Gasteiger partial charge in [0.15, 0.2) is 5.75 Å². The van der Waals surface area contributed by atoms with Gasteiger partial charge >= 0.3 is 0 Å². The highest BCUT2D eigenvalue weighted by Gasteiger charge is 2.26. The van der Waals surface area contributed by atoms with Crippen molar-refractivity contribution in [2.75, 3.05) is 93.9 Å². The van der Waals surface area contributed by atoms with E-state index in [0.717, 1.165) is 95.0 Å². The maximum Gasteiger partial charge on any atom is 0.229 e. The molecule has 3 fully saturated rings. The van der Waals surface area contributed by atoms with Crippen molar-refractivity contribution in [3.63, 3.8) is 0 Å². The normalized spacial score (nSPS) is 21.7. The Morgan fingerprint density at radius 1 is 0.978 bits per heavy atom.